The van der Waals surface area contributed by atoms with Crippen LogP contribution in [-0.2, 0) is 23.1 Å². The van der Waals surface area contributed by atoms with Gasteiger partial charge in [0.2, 0.25) is 0 Å². The lowest BCUT2D eigenvalue weighted by molar-refractivity contribution is -0.136. The highest BCUT2D eigenvalue weighted by molar-refractivity contribution is 5.81. The molecular formula is C25H31F3N8O3. The Hall–Kier alpha value is -3.33. The van der Waals surface area contributed by atoms with Crippen LogP contribution in [-0.4, -0.2) is 82.5 Å². The Morgan fingerprint density at radius 2 is 2.03 bits per heavy atom. The Balaban J connectivity index is 1.20. The molecule has 1 aliphatic rings. The van der Waals surface area contributed by atoms with E-state index in [-0.39, 0.29) is 24.0 Å². The van der Waals surface area contributed by atoms with Gasteiger partial charge in [0.1, 0.15) is 35.4 Å². The zero-order valence-corrected chi connectivity index (χ0v) is 21.6. The van der Waals surface area contributed by atoms with E-state index >= 15 is 0 Å². The van der Waals surface area contributed by atoms with E-state index in [0.29, 0.717) is 48.4 Å². The average Bonchev–Trinajstić information content (AvgIpc) is 3.57. The molecule has 0 amide bonds. The number of hydrogen-bond acceptors (Lipinski definition) is 9. The molecule has 5 N–H and O–H groups in total. The number of imidazole rings is 2. The van der Waals surface area contributed by atoms with Gasteiger partial charge in [-0.05, 0) is 45.4 Å². The van der Waals surface area contributed by atoms with Gasteiger partial charge in [0.05, 0.1) is 24.0 Å². The first kappa shape index (κ1) is 27.2. The molecule has 4 aromatic rings. The van der Waals surface area contributed by atoms with E-state index in [1.807, 2.05) is 13.8 Å². The number of aromatic amines is 1. The van der Waals surface area contributed by atoms with Crippen molar-refractivity contribution in [3.05, 3.63) is 42.2 Å². The molecule has 11 nitrogen and oxygen atoms in total. The van der Waals surface area contributed by atoms with Crippen LogP contribution in [0.5, 0.6) is 0 Å². The number of ether oxygens (including phenoxy) is 1. The second-order valence-corrected chi connectivity index (χ2v) is 10.1. The molecule has 14 heteroatoms. The summed E-state index contributed by atoms with van der Waals surface area (Å²) in [5.41, 5.74) is 4.24. The standard InChI is InChI=1S/C25H31F3N8O3/c1-14(2)35(9-4-3-8-18-33-16-7-5-6-15(19(16)34-18)25(26,27)28)10-17-21(37)24(38,11-39-17)36-13-32-20-22(29)30-12-31-23(20)36/h5-7,12-14,17,21,37-38H,3-4,8-11H2,1-2H3,(H,33,34)(H2,29,30,31)/t17-,21-,24-/m1/s1. The van der Waals surface area contributed by atoms with Gasteiger partial charge in [-0.25, -0.2) is 19.9 Å². The molecule has 3 atom stereocenters. The third-order valence-electron chi connectivity index (χ3n) is 7.24. The SMILES string of the molecule is CC(C)N(CCCCc1nc2c(C(F)(F)F)cccc2[nH]1)C[C@H]1OC[C@](O)(n2cnc3c(N)ncnc32)[C@@H]1O. The second-order valence-electron chi connectivity index (χ2n) is 10.1. The molecular weight excluding hydrogens is 517 g/mol. The van der Waals surface area contributed by atoms with Gasteiger partial charge in [-0.15, -0.1) is 0 Å². The van der Waals surface area contributed by atoms with Gasteiger partial charge in [0, 0.05) is 19.0 Å². The first-order chi connectivity index (χ1) is 18.5. The van der Waals surface area contributed by atoms with E-state index in [9.17, 15) is 23.4 Å². The molecule has 0 aliphatic carbocycles. The number of para-hydroxylation sites is 1. The van der Waals surface area contributed by atoms with E-state index in [2.05, 4.69) is 29.8 Å². The van der Waals surface area contributed by atoms with Crippen molar-refractivity contribution in [1.29, 1.82) is 0 Å². The van der Waals surface area contributed by atoms with E-state index < -0.39 is 29.7 Å². The Labute approximate surface area is 221 Å². The minimum absolute atomic E-state index is 0.0662. The minimum atomic E-state index is -4.46. The molecule has 1 aromatic carbocycles. The van der Waals surface area contributed by atoms with Crippen LogP contribution in [0.15, 0.2) is 30.9 Å². The van der Waals surface area contributed by atoms with E-state index in [0.717, 1.165) is 12.5 Å². The van der Waals surface area contributed by atoms with Gasteiger partial charge in [0.15, 0.2) is 17.2 Å². The van der Waals surface area contributed by atoms with Crippen LogP contribution in [0.2, 0.25) is 0 Å². The van der Waals surface area contributed by atoms with Crippen LogP contribution in [0.25, 0.3) is 22.2 Å². The maximum atomic E-state index is 13.3. The third-order valence-corrected chi connectivity index (χ3v) is 7.24. The van der Waals surface area contributed by atoms with E-state index in [1.54, 1.807) is 6.07 Å². The Morgan fingerprint density at radius 3 is 2.77 bits per heavy atom. The number of rotatable bonds is 9. The third kappa shape index (κ3) is 5.16. The first-order valence-electron chi connectivity index (χ1n) is 12.7. The lowest BCUT2D eigenvalue weighted by Gasteiger charge is -2.32. The lowest BCUT2D eigenvalue weighted by atomic mass is 10.0. The molecule has 210 valence electrons. The number of alkyl halides is 3. The maximum absolute atomic E-state index is 13.3. The van der Waals surface area contributed by atoms with E-state index in [4.69, 9.17) is 10.5 Å². The normalized spacial score (nSPS) is 22.2. The van der Waals surface area contributed by atoms with Crippen molar-refractivity contribution in [2.45, 2.75) is 63.3 Å². The number of nitrogens with two attached hydrogens (primary N) is 1. The molecule has 4 heterocycles. The molecule has 0 unspecified atom stereocenters. The van der Waals surface area contributed by atoms with Crippen molar-refractivity contribution < 1.29 is 28.1 Å². The molecule has 1 fully saturated rings. The van der Waals surface area contributed by atoms with Crippen molar-refractivity contribution >= 4 is 28.0 Å². The summed E-state index contributed by atoms with van der Waals surface area (Å²) in [6, 6.07) is 4.11. The summed E-state index contributed by atoms with van der Waals surface area (Å²) >= 11 is 0. The van der Waals surface area contributed by atoms with Gasteiger partial charge in [-0.2, -0.15) is 13.2 Å². The van der Waals surface area contributed by atoms with Crippen LogP contribution in [0.3, 0.4) is 0 Å². The van der Waals surface area contributed by atoms with Crippen LogP contribution in [0, 0.1) is 0 Å². The van der Waals surface area contributed by atoms with E-state index in [1.165, 1.54) is 23.3 Å². The molecule has 3 aromatic heterocycles. The number of nitrogens with one attached hydrogen (secondary N) is 1. The van der Waals surface area contributed by atoms with Gasteiger partial charge < -0.3 is 25.7 Å². The minimum Gasteiger partial charge on any atom is -0.385 e. The summed E-state index contributed by atoms with van der Waals surface area (Å²) in [6.45, 7) is 4.91. The molecule has 0 radical (unpaired) electrons. The Morgan fingerprint density at radius 1 is 1.23 bits per heavy atom. The van der Waals surface area contributed by atoms with Crippen molar-refractivity contribution in [2.75, 3.05) is 25.4 Å². The highest BCUT2D eigenvalue weighted by atomic mass is 19.4. The molecule has 0 bridgehead atoms. The largest absolute Gasteiger partial charge is 0.418 e. The number of hydrogen-bond donors (Lipinski definition) is 4. The van der Waals surface area contributed by atoms with Gasteiger partial charge in [-0.3, -0.25) is 9.47 Å². The smallest absolute Gasteiger partial charge is 0.385 e. The average molecular weight is 549 g/mol. The van der Waals surface area contributed by atoms with Crippen molar-refractivity contribution in [3.63, 3.8) is 0 Å². The number of nitrogen functional groups attached to an aromatic ring is 1. The fourth-order valence-electron chi connectivity index (χ4n) is 5.03. The summed E-state index contributed by atoms with van der Waals surface area (Å²) in [6.07, 6.45) is -1.83. The number of aryl methyl sites for hydroxylation is 1. The number of unbranched alkanes of at least 4 members (excludes halogenated alkanes) is 1. The van der Waals surface area contributed by atoms with Gasteiger partial charge in [-0.1, -0.05) is 6.07 Å². The number of H-pyrrole nitrogens is 1. The summed E-state index contributed by atoms with van der Waals surface area (Å²) in [5.74, 6) is 0.677. The maximum Gasteiger partial charge on any atom is 0.418 e. The number of fused-ring (bicyclic) bond motifs is 2. The number of nitrogens with zero attached hydrogens (tertiary/aromatic N) is 6. The highest BCUT2D eigenvalue weighted by Gasteiger charge is 2.50. The first-order valence-corrected chi connectivity index (χ1v) is 12.7. The zero-order valence-electron chi connectivity index (χ0n) is 21.6. The lowest BCUT2D eigenvalue weighted by Crippen LogP contribution is -2.49. The van der Waals surface area contributed by atoms with Crippen LogP contribution < -0.4 is 5.73 Å². The van der Waals surface area contributed by atoms with Crippen molar-refractivity contribution in [2.24, 2.45) is 0 Å². The second kappa shape index (κ2) is 10.3. The van der Waals surface area contributed by atoms with Crippen LogP contribution in [0.4, 0.5) is 19.0 Å². The Kier molecular flexibility index (Phi) is 7.22. The number of aromatic nitrogens is 6. The fraction of sp³-hybridized carbons (Fsp3) is 0.520. The van der Waals surface area contributed by atoms with Crippen LogP contribution >= 0.6 is 0 Å². The summed E-state index contributed by atoms with van der Waals surface area (Å²) in [5, 5.41) is 22.4. The number of benzene rings is 1. The molecule has 39 heavy (non-hydrogen) atoms. The molecule has 1 aliphatic heterocycles. The predicted octanol–water partition coefficient (Wildman–Crippen LogP) is 2.44. The number of halogens is 3. The molecule has 0 saturated carbocycles. The van der Waals surface area contributed by atoms with Gasteiger partial charge in [0.25, 0.3) is 0 Å². The molecule has 1 saturated heterocycles. The number of anilines is 1. The fourth-order valence-corrected chi connectivity index (χ4v) is 5.03. The quantitative estimate of drug-likeness (QED) is 0.231. The van der Waals surface area contributed by atoms with Crippen LogP contribution in [0.1, 0.15) is 38.1 Å². The summed E-state index contributed by atoms with van der Waals surface area (Å²) in [7, 11) is 0. The Bertz CT molecular complexity index is 1460. The molecule has 0 spiro atoms. The van der Waals surface area contributed by atoms with Gasteiger partial charge >= 0.3 is 6.18 Å². The topological polar surface area (TPSA) is 151 Å². The summed E-state index contributed by atoms with van der Waals surface area (Å²) in [4.78, 5) is 21.5. The van der Waals surface area contributed by atoms with Crippen molar-refractivity contribution in [1.82, 2.24) is 34.4 Å². The highest BCUT2D eigenvalue weighted by Crippen LogP contribution is 2.35. The van der Waals surface area contributed by atoms with Crippen molar-refractivity contribution in [3.8, 4) is 0 Å². The monoisotopic (exact) mass is 548 g/mol. The zero-order chi connectivity index (χ0) is 27.9. The molecule has 5 rings (SSSR count). The summed E-state index contributed by atoms with van der Waals surface area (Å²) < 4.78 is 47.1. The number of aliphatic hydroxyl groups excluding tert-OH is 1. The number of aliphatic hydroxyl groups is 2. The predicted molar refractivity (Wildman–Crippen MR) is 136 cm³/mol.